The van der Waals surface area contributed by atoms with E-state index in [0.29, 0.717) is 0 Å². The Labute approximate surface area is 354 Å². The summed E-state index contributed by atoms with van der Waals surface area (Å²) < 4.78 is 19.3. The highest BCUT2D eigenvalue weighted by Gasteiger charge is 2.39. The van der Waals surface area contributed by atoms with E-state index in [4.69, 9.17) is 13.3 Å². The molecule has 0 radical (unpaired) electrons. The van der Waals surface area contributed by atoms with Crippen molar-refractivity contribution >= 4 is 26.5 Å². The second kappa shape index (κ2) is 50.3. The quantitative estimate of drug-likeness (QED) is 0.0378. The van der Waals surface area contributed by atoms with Gasteiger partial charge in [-0.25, -0.2) is 0 Å². The molecule has 0 aliphatic rings. The van der Waals surface area contributed by atoms with Crippen LogP contribution >= 0.6 is 12.6 Å². The zero-order valence-electron chi connectivity index (χ0n) is 38.5. The highest BCUT2D eigenvalue weighted by molar-refractivity contribution is 7.96. The highest BCUT2D eigenvalue weighted by atomic mass is 32.1. The summed E-state index contributed by atoms with van der Waals surface area (Å²) in [5, 5.41) is -0.139. The normalized spacial score (nSPS) is 11.6. The summed E-state index contributed by atoms with van der Waals surface area (Å²) in [5.74, 6) is 0. The molecule has 6 heteroatoms. The molecule has 0 aromatic rings. The summed E-state index contributed by atoms with van der Waals surface area (Å²) in [6, 6.07) is 0.996. The van der Waals surface area contributed by atoms with Gasteiger partial charge in [-0.3, -0.25) is 4.79 Å². The number of thiol groups is 1. The van der Waals surface area contributed by atoms with Gasteiger partial charge < -0.3 is 13.3 Å². The van der Waals surface area contributed by atoms with Gasteiger partial charge in [-0.05, 0) is 19.3 Å². The van der Waals surface area contributed by atoms with Crippen molar-refractivity contribution in [2.24, 2.45) is 0 Å². The Balaban J connectivity index is 0. The average Bonchev–Trinajstić information content (AvgIpc) is 3.17. The smallest absolute Gasteiger partial charge is 0.377 e. The Kier molecular flexibility index (Phi) is 52.3. The van der Waals surface area contributed by atoms with Crippen molar-refractivity contribution in [3.63, 3.8) is 0 Å². The van der Waals surface area contributed by atoms with Gasteiger partial charge in [-0.1, -0.05) is 258 Å². The van der Waals surface area contributed by atoms with Crippen LogP contribution in [0.4, 0.5) is 0 Å². The van der Waals surface area contributed by atoms with Crippen LogP contribution in [0.15, 0.2) is 0 Å². The summed E-state index contributed by atoms with van der Waals surface area (Å²) in [6.07, 6.45) is 55.6. The number of carbonyl (C=O) groups is 1. The molecule has 0 unspecified atom stereocenters. The van der Waals surface area contributed by atoms with Gasteiger partial charge in [-0.15, -0.1) is 12.6 Å². The number of hydrogen-bond acceptors (Lipinski definition) is 4. The first-order valence-electron chi connectivity index (χ1n) is 25.0. The molecule has 332 valence electrons. The van der Waals surface area contributed by atoms with Crippen molar-refractivity contribution in [2.45, 2.75) is 291 Å². The van der Waals surface area contributed by atoms with Crippen LogP contribution in [0, 0.1) is 0 Å². The summed E-state index contributed by atoms with van der Waals surface area (Å²) in [5.41, 5.74) is 0. The van der Waals surface area contributed by atoms with E-state index in [2.05, 4.69) is 33.4 Å². The molecule has 0 fully saturated rings. The fourth-order valence-corrected chi connectivity index (χ4v) is 10.0. The van der Waals surface area contributed by atoms with Gasteiger partial charge in [0.15, 0.2) is 5.12 Å². The first kappa shape index (κ1) is 57.2. The zero-order valence-corrected chi connectivity index (χ0v) is 40.4. The molecule has 0 aromatic heterocycles. The molecule has 0 spiro atoms. The molecule has 55 heavy (non-hydrogen) atoms. The first-order valence-corrected chi connectivity index (χ1v) is 27.4. The third-order valence-corrected chi connectivity index (χ3v) is 14.2. The van der Waals surface area contributed by atoms with Crippen LogP contribution in [-0.2, 0) is 18.1 Å². The summed E-state index contributed by atoms with van der Waals surface area (Å²) in [7, 11) is -0.709. The second-order valence-electron chi connectivity index (χ2n) is 16.9. The van der Waals surface area contributed by atoms with E-state index in [1.165, 1.54) is 251 Å². The molecular formula is C49H102O4SSi. The Morgan fingerprint density at radius 1 is 0.364 bits per heavy atom. The maximum atomic E-state index is 9.31. The highest BCUT2D eigenvalue weighted by Crippen LogP contribution is 2.22. The van der Waals surface area contributed by atoms with Gasteiger partial charge in [0, 0.05) is 33.3 Å². The third-order valence-electron chi connectivity index (χ3n) is 11.3. The zero-order chi connectivity index (χ0) is 40.6. The van der Waals surface area contributed by atoms with E-state index in [-0.39, 0.29) is 5.12 Å². The molecule has 4 nitrogen and oxygen atoms in total. The minimum atomic E-state index is -2.57. The Bertz CT molecular complexity index is 666. The molecule has 0 aliphatic heterocycles. The molecule has 0 atom stereocenters. The number of rotatable bonds is 46. The lowest BCUT2D eigenvalue weighted by atomic mass is 10.0. The SMILES string of the molecule is CC(=O)S.CCCCCCCCCCCCCCCCCCO[Si](CCCCCCCCCC)(OC)OCCCCCCCCCCCCCCCCCC. The maximum Gasteiger partial charge on any atom is 0.500 e. The van der Waals surface area contributed by atoms with Crippen molar-refractivity contribution in [1.29, 1.82) is 0 Å². The van der Waals surface area contributed by atoms with Gasteiger partial charge in [0.25, 0.3) is 0 Å². The molecule has 0 heterocycles. The fourth-order valence-electron chi connectivity index (χ4n) is 7.64. The molecule has 0 amide bonds. The molecule has 0 aromatic carbocycles. The van der Waals surface area contributed by atoms with E-state index in [1.807, 2.05) is 7.11 Å². The van der Waals surface area contributed by atoms with Crippen LogP contribution in [0.3, 0.4) is 0 Å². The standard InChI is InChI=1S/C47H98O3Si.C2H4OS/c1-5-8-11-14-17-20-22-24-26-28-30-32-34-36-39-42-45-49-51(48-4,47-44-41-38-19-16-13-10-7-3)50-46-43-40-37-35-33-31-29-27-25-23-21-18-15-12-9-6-2;1-2(3)4/h5-47H2,1-4H3;1H3,(H,3,4). The monoisotopic (exact) mass is 815 g/mol. The number of unbranched alkanes of at least 4 members (excludes halogenated alkanes) is 37. The predicted octanol–water partition coefficient (Wildman–Crippen LogP) is 17.7. The van der Waals surface area contributed by atoms with Gasteiger partial charge in [0.1, 0.15) is 0 Å². The van der Waals surface area contributed by atoms with Gasteiger partial charge >= 0.3 is 8.80 Å². The van der Waals surface area contributed by atoms with Gasteiger partial charge in [0.2, 0.25) is 0 Å². The number of hydrogen-bond donors (Lipinski definition) is 1. The minimum absolute atomic E-state index is 0.139. The van der Waals surface area contributed by atoms with Crippen molar-refractivity contribution in [3.05, 3.63) is 0 Å². The Morgan fingerprint density at radius 3 is 0.745 bits per heavy atom. The third kappa shape index (κ3) is 50.2. The van der Waals surface area contributed by atoms with Crippen LogP contribution in [0.5, 0.6) is 0 Å². The van der Waals surface area contributed by atoms with Crippen LogP contribution in [0.25, 0.3) is 0 Å². The van der Waals surface area contributed by atoms with E-state index in [0.717, 1.165) is 32.1 Å². The van der Waals surface area contributed by atoms with Crippen molar-refractivity contribution < 1.29 is 18.1 Å². The molecule has 0 saturated heterocycles. The molecule has 0 aliphatic carbocycles. The molecule has 0 bridgehead atoms. The van der Waals surface area contributed by atoms with E-state index >= 15 is 0 Å². The lowest BCUT2D eigenvalue weighted by Crippen LogP contribution is -2.45. The van der Waals surface area contributed by atoms with Gasteiger partial charge in [-0.2, -0.15) is 0 Å². The largest absolute Gasteiger partial charge is 0.500 e. The molecule has 0 saturated carbocycles. The number of carbonyl (C=O) groups excluding carboxylic acids is 1. The minimum Gasteiger partial charge on any atom is -0.377 e. The fraction of sp³-hybridized carbons (Fsp3) is 0.980. The predicted molar refractivity (Wildman–Crippen MR) is 251 cm³/mol. The van der Waals surface area contributed by atoms with Crippen LogP contribution in [0.2, 0.25) is 6.04 Å². The summed E-state index contributed by atoms with van der Waals surface area (Å²) in [4.78, 5) is 9.31. The maximum absolute atomic E-state index is 9.31. The van der Waals surface area contributed by atoms with E-state index < -0.39 is 8.80 Å². The summed E-state index contributed by atoms with van der Waals surface area (Å²) in [6.45, 7) is 9.93. The lowest BCUT2D eigenvalue weighted by Gasteiger charge is -2.28. The van der Waals surface area contributed by atoms with Crippen molar-refractivity contribution in [2.75, 3.05) is 20.3 Å². The topological polar surface area (TPSA) is 44.8 Å². The van der Waals surface area contributed by atoms with Gasteiger partial charge in [0.05, 0.1) is 0 Å². The van der Waals surface area contributed by atoms with Crippen molar-refractivity contribution in [3.8, 4) is 0 Å². The lowest BCUT2D eigenvalue weighted by molar-refractivity contribution is -0.108. The molecule has 0 rings (SSSR count). The van der Waals surface area contributed by atoms with E-state index in [1.54, 1.807) is 0 Å². The Hall–Kier alpha value is 0.117. The average molecular weight is 816 g/mol. The van der Waals surface area contributed by atoms with Crippen LogP contribution in [0.1, 0.15) is 285 Å². The second-order valence-corrected chi connectivity index (χ2v) is 20.4. The molecular weight excluding hydrogens is 713 g/mol. The molecule has 0 N–H and O–H groups in total. The van der Waals surface area contributed by atoms with E-state index in [9.17, 15) is 4.79 Å². The first-order chi connectivity index (χ1) is 27.0. The summed E-state index contributed by atoms with van der Waals surface area (Å²) >= 11 is 3.33. The van der Waals surface area contributed by atoms with Crippen LogP contribution in [-0.4, -0.2) is 34.2 Å². The van der Waals surface area contributed by atoms with Crippen molar-refractivity contribution in [1.82, 2.24) is 0 Å². The van der Waals surface area contributed by atoms with Crippen LogP contribution < -0.4 is 0 Å². The Morgan fingerprint density at radius 2 is 0.545 bits per heavy atom.